The molecular formula is C23H28N4O5. The van der Waals surface area contributed by atoms with Crippen molar-refractivity contribution >= 4 is 5.91 Å². The molecule has 3 rings (SSSR count). The van der Waals surface area contributed by atoms with E-state index in [0.717, 1.165) is 34.4 Å². The van der Waals surface area contributed by atoms with Crippen LogP contribution in [0.1, 0.15) is 30.7 Å². The van der Waals surface area contributed by atoms with Gasteiger partial charge in [-0.05, 0) is 55.2 Å². The lowest BCUT2D eigenvalue weighted by atomic mass is 10.0. The molecule has 2 heterocycles. The number of ether oxygens (including phenoxy) is 1. The highest BCUT2D eigenvalue weighted by Gasteiger charge is 2.16. The van der Waals surface area contributed by atoms with E-state index in [0.29, 0.717) is 23.9 Å². The first-order chi connectivity index (χ1) is 15.4. The molecule has 32 heavy (non-hydrogen) atoms. The molecule has 0 aliphatic carbocycles. The third-order valence-electron chi connectivity index (χ3n) is 4.95. The summed E-state index contributed by atoms with van der Waals surface area (Å²) in [6.07, 6.45) is 2.39. The van der Waals surface area contributed by atoms with Gasteiger partial charge < -0.3 is 24.8 Å². The molecule has 3 N–H and O–H groups in total. The first-order valence-electron chi connectivity index (χ1n) is 10.6. The van der Waals surface area contributed by atoms with Crippen LogP contribution >= 0.6 is 0 Å². The maximum Gasteiger partial charge on any atom is 0.259 e. The summed E-state index contributed by atoms with van der Waals surface area (Å²) in [6, 6.07) is 7.70. The number of carbonyl (C=O) groups is 1. The molecule has 9 nitrogen and oxygen atoms in total. The van der Waals surface area contributed by atoms with Crippen LogP contribution in [0, 0.1) is 6.92 Å². The van der Waals surface area contributed by atoms with Crippen LogP contribution in [0.2, 0.25) is 0 Å². The molecule has 0 saturated carbocycles. The van der Waals surface area contributed by atoms with Crippen LogP contribution < -0.4 is 10.1 Å². The smallest absolute Gasteiger partial charge is 0.259 e. The largest absolute Gasteiger partial charge is 0.490 e. The number of benzene rings is 1. The van der Waals surface area contributed by atoms with Gasteiger partial charge in [0.15, 0.2) is 0 Å². The number of carbonyl (C=O) groups excluding carboxylic acids is 1. The van der Waals surface area contributed by atoms with Crippen molar-refractivity contribution in [2.75, 3.05) is 19.8 Å². The van der Waals surface area contributed by atoms with Gasteiger partial charge in [-0.15, -0.1) is 0 Å². The van der Waals surface area contributed by atoms with Crippen molar-refractivity contribution in [3.8, 4) is 28.6 Å². The number of aliphatic hydroxyl groups excluding tert-OH is 2. The first-order valence-corrected chi connectivity index (χ1v) is 10.6. The second-order valence-electron chi connectivity index (χ2n) is 7.38. The van der Waals surface area contributed by atoms with Crippen LogP contribution in [0.25, 0.3) is 22.8 Å². The Bertz CT molecular complexity index is 1050. The van der Waals surface area contributed by atoms with Gasteiger partial charge in [-0.3, -0.25) is 9.78 Å². The third kappa shape index (κ3) is 5.68. The van der Waals surface area contributed by atoms with Gasteiger partial charge in [0, 0.05) is 24.0 Å². The zero-order chi connectivity index (χ0) is 23.1. The lowest BCUT2D eigenvalue weighted by molar-refractivity contribution is -0.124. The quantitative estimate of drug-likeness (QED) is 0.437. The first kappa shape index (κ1) is 23.4. The van der Waals surface area contributed by atoms with Gasteiger partial charge >= 0.3 is 0 Å². The molecule has 0 unspecified atom stereocenters. The highest BCUT2D eigenvalue weighted by atomic mass is 16.5. The van der Waals surface area contributed by atoms with Gasteiger partial charge in [-0.1, -0.05) is 19.0 Å². The molecule has 0 aliphatic heterocycles. The van der Waals surface area contributed by atoms with E-state index in [1.54, 1.807) is 6.20 Å². The molecule has 9 heteroatoms. The number of amides is 1. The van der Waals surface area contributed by atoms with Crippen molar-refractivity contribution in [1.82, 2.24) is 20.4 Å². The monoisotopic (exact) mass is 440 g/mol. The Labute approximate surface area is 186 Å². The van der Waals surface area contributed by atoms with Gasteiger partial charge in [0.2, 0.25) is 11.7 Å². The van der Waals surface area contributed by atoms with Crippen molar-refractivity contribution in [3.05, 3.63) is 47.3 Å². The maximum atomic E-state index is 11.1. The van der Waals surface area contributed by atoms with E-state index in [4.69, 9.17) is 14.4 Å². The van der Waals surface area contributed by atoms with E-state index in [-0.39, 0.29) is 13.2 Å². The SMILES string of the molecule is CCc1ccc(-c2nc(-c3cc(C)c(OC[C@@H](O)CNC(=O)CO)c(CC)c3)no2)cn1. The van der Waals surface area contributed by atoms with E-state index in [1.807, 2.05) is 45.0 Å². The van der Waals surface area contributed by atoms with E-state index in [1.165, 1.54) is 0 Å². The van der Waals surface area contributed by atoms with Gasteiger partial charge in [0.05, 0.1) is 5.56 Å². The molecule has 3 aromatic rings. The van der Waals surface area contributed by atoms with Crippen molar-refractivity contribution in [3.63, 3.8) is 0 Å². The van der Waals surface area contributed by atoms with Gasteiger partial charge in [-0.25, -0.2) is 0 Å². The molecule has 0 saturated heterocycles. The number of aryl methyl sites for hydroxylation is 3. The second-order valence-corrected chi connectivity index (χ2v) is 7.38. The van der Waals surface area contributed by atoms with E-state index in [9.17, 15) is 9.90 Å². The van der Waals surface area contributed by atoms with Gasteiger partial charge in [0.1, 0.15) is 25.1 Å². The van der Waals surface area contributed by atoms with Crippen molar-refractivity contribution in [2.45, 2.75) is 39.7 Å². The number of aromatic nitrogens is 3. The van der Waals surface area contributed by atoms with E-state index in [2.05, 4.69) is 20.4 Å². The molecule has 2 aromatic heterocycles. The van der Waals surface area contributed by atoms with Crippen LogP contribution in [0.15, 0.2) is 35.0 Å². The highest BCUT2D eigenvalue weighted by molar-refractivity contribution is 5.76. The normalized spacial score (nSPS) is 11.9. The fourth-order valence-electron chi connectivity index (χ4n) is 3.19. The summed E-state index contributed by atoms with van der Waals surface area (Å²) < 4.78 is 11.3. The molecule has 170 valence electrons. The minimum Gasteiger partial charge on any atom is -0.490 e. The Balaban J connectivity index is 1.74. The van der Waals surface area contributed by atoms with Crippen molar-refractivity contribution < 1.29 is 24.3 Å². The molecular weight excluding hydrogens is 412 g/mol. The number of aliphatic hydroxyl groups is 2. The van der Waals surface area contributed by atoms with Crippen molar-refractivity contribution in [1.29, 1.82) is 0 Å². The summed E-state index contributed by atoms with van der Waals surface area (Å²) in [5.41, 5.74) is 4.36. The standard InChI is InChI=1S/C23H28N4O5/c1-4-15-9-17(8-14(3)21(15)31-13-19(29)11-25-20(30)12-28)22-26-23(32-27-22)16-6-7-18(5-2)24-10-16/h6-10,19,28-29H,4-5,11-13H2,1-3H3,(H,25,30)/t19-/m0/s1. The van der Waals surface area contributed by atoms with Gasteiger partial charge in [-0.2, -0.15) is 4.98 Å². The minimum absolute atomic E-state index is 0.00227. The molecule has 0 aliphatic rings. The highest BCUT2D eigenvalue weighted by Crippen LogP contribution is 2.31. The number of nitrogens with one attached hydrogen (secondary N) is 1. The topological polar surface area (TPSA) is 131 Å². The van der Waals surface area contributed by atoms with Crippen LogP contribution in [0.4, 0.5) is 0 Å². The molecule has 0 fully saturated rings. The molecule has 1 atom stereocenters. The Hall–Kier alpha value is -3.30. The lowest BCUT2D eigenvalue weighted by Crippen LogP contribution is -2.36. The Morgan fingerprint density at radius 3 is 2.69 bits per heavy atom. The maximum absolute atomic E-state index is 11.1. The summed E-state index contributed by atoms with van der Waals surface area (Å²) >= 11 is 0. The summed E-state index contributed by atoms with van der Waals surface area (Å²) in [4.78, 5) is 20.0. The van der Waals surface area contributed by atoms with E-state index >= 15 is 0 Å². The van der Waals surface area contributed by atoms with Crippen LogP contribution in [0.3, 0.4) is 0 Å². The molecule has 1 aromatic carbocycles. The summed E-state index contributed by atoms with van der Waals surface area (Å²) in [5, 5.41) is 25.3. The summed E-state index contributed by atoms with van der Waals surface area (Å²) in [5.74, 6) is 0.997. The number of rotatable bonds is 10. The lowest BCUT2D eigenvalue weighted by Gasteiger charge is -2.17. The predicted octanol–water partition coefficient (Wildman–Crippen LogP) is 2.08. The van der Waals surface area contributed by atoms with Crippen LogP contribution in [-0.4, -0.2) is 57.1 Å². The summed E-state index contributed by atoms with van der Waals surface area (Å²) in [7, 11) is 0. The van der Waals surface area contributed by atoms with Crippen molar-refractivity contribution in [2.24, 2.45) is 0 Å². The number of pyridine rings is 1. The number of hydrogen-bond acceptors (Lipinski definition) is 8. The molecule has 1 amide bonds. The molecule has 0 radical (unpaired) electrons. The molecule has 0 spiro atoms. The Morgan fingerprint density at radius 1 is 1.22 bits per heavy atom. The number of hydrogen-bond donors (Lipinski definition) is 3. The average Bonchev–Trinajstić information content (AvgIpc) is 3.31. The summed E-state index contributed by atoms with van der Waals surface area (Å²) in [6.45, 7) is 5.35. The Morgan fingerprint density at radius 2 is 2.03 bits per heavy atom. The van der Waals surface area contributed by atoms with Crippen LogP contribution in [0.5, 0.6) is 5.75 Å². The Kier molecular flexibility index (Phi) is 7.91. The number of nitrogens with zero attached hydrogens (tertiary/aromatic N) is 3. The average molecular weight is 441 g/mol. The van der Waals surface area contributed by atoms with Crippen LogP contribution in [-0.2, 0) is 17.6 Å². The minimum atomic E-state index is -0.901. The fraction of sp³-hybridized carbons (Fsp3) is 0.391. The zero-order valence-corrected chi connectivity index (χ0v) is 18.5. The zero-order valence-electron chi connectivity index (χ0n) is 18.5. The second kappa shape index (κ2) is 10.8. The fourth-order valence-corrected chi connectivity index (χ4v) is 3.19. The van der Waals surface area contributed by atoms with Gasteiger partial charge in [0.25, 0.3) is 5.89 Å². The predicted molar refractivity (Wildman–Crippen MR) is 118 cm³/mol. The molecule has 0 bridgehead atoms. The third-order valence-corrected chi connectivity index (χ3v) is 4.95. The van der Waals surface area contributed by atoms with E-state index < -0.39 is 18.6 Å².